The van der Waals surface area contributed by atoms with Crippen molar-refractivity contribution in [2.75, 3.05) is 25.5 Å². The maximum Gasteiger partial charge on any atom is 0.211 e. The van der Waals surface area contributed by atoms with Crippen molar-refractivity contribution in [1.82, 2.24) is 4.72 Å². The van der Waals surface area contributed by atoms with Gasteiger partial charge in [-0.3, -0.25) is 0 Å². The molecule has 17 heavy (non-hydrogen) atoms. The van der Waals surface area contributed by atoms with Crippen LogP contribution in [0, 0.1) is 5.92 Å². The summed E-state index contributed by atoms with van der Waals surface area (Å²) < 4.78 is 36.3. The van der Waals surface area contributed by atoms with Gasteiger partial charge in [0.15, 0.2) is 6.29 Å². The Labute approximate surface area is 105 Å². The summed E-state index contributed by atoms with van der Waals surface area (Å²) in [6.07, 6.45) is 0.155. The van der Waals surface area contributed by atoms with Crippen LogP contribution in [0.25, 0.3) is 0 Å². The maximum atomic E-state index is 11.6. The largest absolute Gasteiger partial charge is 0.352 e. The first-order valence-electron chi connectivity index (χ1n) is 6.11. The van der Waals surface area contributed by atoms with Gasteiger partial charge >= 0.3 is 0 Å². The SMILES string of the molecule is CCOC(CNS(=O)(=O)CCC(C)C)OCC. The first-order valence-corrected chi connectivity index (χ1v) is 7.77. The predicted octanol–water partition coefficient (Wildman–Crippen LogP) is 1.35. The molecule has 0 radical (unpaired) electrons. The van der Waals surface area contributed by atoms with E-state index in [2.05, 4.69) is 4.72 Å². The highest BCUT2D eigenvalue weighted by Crippen LogP contribution is 2.02. The van der Waals surface area contributed by atoms with Crippen molar-refractivity contribution >= 4 is 10.0 Å². The van der Waals surface area contributed by atoms with Crippen molar-refractivity contribution < 1.29 is 17.9 Å². The standard InChI is InChI=1S/C11H25NO4S/c1-5-15-11(16-6-2)9-12-17(13,14)8-7-10(3)4/h10-12H,5-9H2,1-4H3. The highest BCUT2D eigenvalue weighted by atomic mass is 32.2. The van der Waals surface area contributed by atoms with Gasteiger partial charge in [-0.1, -0.05) is 13.8 Å². The molecule has 5 nitrogen and oxygen atoms in total. The average Bonchev–Trinajstić information content (AvgIpc) is 2.24. The van der Waals surface area contributed by atoms with E-state index < -0.39 is 16.3 Å². The van der Waals surface area contributed by atoms with E-state index in [1.54, 1.807) is 0 Å². The molecule has 0 rings (SSSR count). The second-order valence-electron chi connectivity index (χ2n) is 4.19. The van der Waals surface area contributed by atoms with E-state index in [4.69, 9.17) is 9.47 Å². The van der Waals surface area contributed by atoms with E-state index in [1.807, 2.05) is 27.7 Å². The Bertz CT molecular complexity index is 271. The van der Waals surface area contributed by atoms with Crippen molar-refractivity contribution in [2.24, 2.45) is 5.92 Å². The summed E-state index contributed by atoms with van der Waals surface area (Å²) in [4.78, 5) is 0. The minimum Gasteiger partial charge on any atom is -0.352 e. The van der Waals surface area contributed by atoms with Gasteiger partial charge in [-0.2, -0.15) is 0 Å². The lowest BCUT2D eigenvalue weighted by Gasteiger charge is -2.17. The molecule has 0 spiro atoms. The summed E-state index contributed by atoms with van der Waals surface area (Å²) in [5, 5.41) is 0. The molecule has 0 aromatic heterocycles. The molecule has 104 valence electrons. The van der Waals surface area contributed by atoms with Gasteiger partial charge in [-0.15, -0.1) is 0 Å². The molecule has 6 heteroatoms. The molecule has 0 heterocycles. The van der Waals surface area contributed by atoms with Crippen LogP contribution in [0.5, 0.6) is 0 Å². The van der Waals surface area contributed by atoms with E-state index in [9.17, 15) is 8.42 Å². The molecule has 0 aliphatic carbocycles. The number of hydrogen-bond donors (Lipinski definition) is 1. The zero-order valence-corrected chi connectivity index (χ0v) is 12.0. The fourth-order valence-corrected chi connectivity index (χ4v) is 2.51. The molecule has 0 amide bonds. The number of nitrogens with one attached hydrogen (secondary N) is 1. The summed E-state index contributed by atoms with van der Waals surface area (Å²) in [5.41, 5.74) is 0. The smallest absolute Gasteiger partial charge is 0.211 e. The van der Waals surface area contributed by atoms with E-state index in [-0.39, 0.29) is 12.3 Å². The summed E-state index contributed by atoms with van der Waals surface area (Å²) in [7, 11) is -3.22. The van der Waals surface area contributed by atoms with Crippen molar-refractivity contribution in [3.63, 3.8) is 0 Å². The average molecular weight is 267 g/mol. The molecule has 0 saturated heterocycles. The Kier molecular flexibility index (Phi) is 8.77. The Morgan fingerprint density at radius 1 is 1.12 bits per heavy atom. The minimum atomic E-state index is -3.22. The topological polar surface area (TPSA) is 64.6 Å². The lowest BCUT2D eigenvalue weighted by molar-refractivity contribution is -0.130. The first-order chi connectivity index (χ1) is 7.91. The lowest BCUT2D eigenvalue weighted by Crippen LogP contribution is -2.36. The number of ether oxygens (including phenoxy) is 2. The van der Waals surface area contributed by atoms with Crippen LogP contribution < -0.4 is 4.72 Å². The predicted molar refractivity (Wildman–Crippen MR) is 68.3 cm³/mol. The second kappa shape index (κ2) is 8.85. The molecule has 1 N–H and O–H groups in total. The van der Waals surface area contributed by atoms with Crippen LogP contribution in [-0.4, -0.2) is 40.2 Å². The summed E-state index contributed by atoms with van der Waals surface area (Å²) in [6, 6.07) is 0. The Hall–Kier alpha value is -0.170. The quantitative estimate of drug-likeness (QED) is 0.607. The molecule has 0 aromatic carbocycles. The van der Waals surface area contributed by atoms with Crippen molar-refractivity contribution in [2.45, 2.75) is 40.4 Å². The van der Waals surface area contributed by atoms with Crippen LogP contribution in [0.15, 0.2) is 0 Å². The second-order valence-corrected chi connectivity index (χ2v) is 6.12. The molecular weight excluding hydrogens is 242 g/mol. The molecule has 0 atom stereocenters. The van der Waals surface area contributed by atoms with Gasteiger partial charge in [-0.25, -0.2) is 13.1 Å². The number of sulfonamides is 1. The van der Waals surface area contributed by atoms with Gasteiger partial charge < -0.3 is 9.47 Å². The zero-order valence-electron chi connectivity index (χ0n) is 11.2. The van der Waals surface area contributed by atoms with E-state index in [0.29, 0.717) is 25.6 Å². The van der Waals surface area contributed by atoms with Crippen LogP contribution in [0.2, 0.25) is 0 Å². The third-order valence-corrected chi connectivity index (χ3v) is 3.52. The molecule has 0 aliphatic rings. The Morgan fingerprint density at radius 2 is 1.65 bits per heavy atom. The third-order valence-electron chi connectivity index (χ3n) is 2.14. The third kappa shape index (κ3) is 9.52. The summed E-state index contributed by atoms with van der Waals surface area (Å²) in [5.74, 6) is 0.525. The maximum absolute atomic E-state index is 11.6. The van der Waals surface area contributed by atoms with E-state index in [0.717, 1.165) is 0 Å². The van der Waals surface area contributed by atoms with Gasteiger partial charge in [0.05, 0.1) is 12.3 Å². The molecule has 0 aliphatic heterocycles. The van der Waals surface area contributed by atoms with Crippen LogP contribution in [-0.2, 0) is 19.5 Å². The Morgan fingerprint density at radius 3 is 2.06 bits per heavy atom. The molecule has 0 bridgehead atoms. The fourth-order valence-electron chi connectivity index (χ4n) is 1.20. The lowest BCUT2D eigenvalue weighted by atomic mass is 10.2. The summed E-state index contributed by atoms with van der Waals surface area (Å²) >= 11 is 0. The number of hydrogen-bond acceptors (Lipinski definition) is 4. The number of rotatable bonds is 10. The van der Waals surface area contributed by atoms with Gasteiger partial charge in [-0.05, 0) is 26.2 Å². The fraction of sp³-hybridized carbons (Fsp3) is 1.00. The van der Waals surface area contributed by atoms with Crippen molar-refractivity contribution in [3.05, 3.63) is 0 Å². The Balaban J connectivity index is 4.04. The highest BCUT2D eigenvalue weighted by molar-refractivity contribution is 7.89. The van der Waals surface area contributed by atoms with Gasteiger partial charge in [0.1, 0.15) is 0 Å². The van der Waals surface area contributed by atoms with Gasteiger partial charge in [0, 0.05) is 13.2 Å². The molecular formula is C11H25NO4S. The molecule has 0 fully saturated rings. The first kappa shape index (κ1) is 16.8. The van der Waals surface area contributed by atoms with Gasteiger partial charge in [0.2, 0.25) is 10.0 Å². The van der Waals surface area contributed by atoms with Crippen LogP contribution >= 0.6 is 0 Å². The van der Waals surface area contributed by atoms with Crippen LogP contribution in [0.1, 0.15) is 34.1 Å². The zero-order chi connectivity index (χ0) is 13.3. The normalized spacial score (nSPS) is 12.6. The van der Waals surface area contributed by atoms with Gasteiger partial charge in [0.25, 0.3) is 0 Å². The van der Waals surface area contributed by atoms with Crippen LogP contribution in [0.3, 0.4) is 0 Å². The molecule has 0 saturated carbocycles. The minimum absolute atomic E-state index is 0.148. The highest BCUT2D eigenvalue weighted by Gasteiger charge is 2.15. The monoisotopic (exact) mass is 267 g/mol. The van der Waals surface area contributed by atoms with Crippen molar-refractivity contribution in [1.29, 1.82) is 0 Å². The van der Waals surface area contributed by atoms with Crippen molar-refractivity contribution in [3.8, 4) is 0 Å². The molecule has 0 aromatic rings. The molecule has 0 unspecified atom stereocenters. The van der Waals surface area contributed by atoms with E-state index >= 15 is 0 Å². The summed E-state index contributed by atoms with van der Waals surface area (Å²) in [6.45, 7) is 8.86. The van der Waals surface area contributed by atoms with E-state index in [1.165, 1.54) is 0 Å². The van der Waals surface area contributed by atoms with Crippen LogP contribution in [0.4, 0.5) is 0 Å².